The van der Waals surface area contributed by atoms with E-state index in [0.29, 0.717) is 12.5 Å². The number of anilines is 1. The minimum atomic E-state index is 0.637. The van der Waals surface area contributed by atoms with E-state index in [1.54, 1.807) is 17.5 Å². The molecule has 2 rings (SSSR count). The summed E-state index contributed by atoms with van der Waals surface area (Å²) in [5.41, 5.74) is 3.84. The molecule has 0 aliphatic heterocycles. The Kier molecular flexibility index (Phi) is 3.71. The Bertz CT molecular complexity index is 413. The molecule has 0 aliphatic rings. The summed E-state index contributed by atoms with van der Waals surface area (Å²) in [6.45, 7) is 3.30. The van der Waals surface area contributed by atoms with Gasteiger partial charge in [-0.2, -0.15) is 0 Å². The summed E-state index contributed by atoms with van der Waals surface area (Å²) in [7, 11) is 0. The van der Waals surface area contributed by atoms with Gasteiger partial charge in [0.25, 0.3) is 0 Å². The summed E-state index contributed by atoms with van der Waals surface area (Å²) < 4.78 is 5.26. The number of rotatable bonds is 5. The first-order valence-electron chi connectivity index (χ1n) is 5.08. The lowest BCUT2D eigenvalue weighted by Crippen LogP contribution is -2.00. The molecule has 0 aromatic carbocycles. The predicted molar refractivity (Wildman–Crippen MR) is 64.8 cm³/mol. The van der Waals surface area contributed by atoms with Crippen molar-refractivity contribution in [2.24, 2.45) is 0 Å². The fraction of sp³-hybridized carbons (Fsp3) is 0.273. The van der Waals surface area contributed by atoms with Gasteiger partial charge in [-0.3, -0.25) is 0 Å². The van der Waals surface area contributed by atoms with Crippen LogP contribution < -0.4 is 10.1 Å². The van der Waals surface area contributed by atoms with Gasteiger partial charge in [0.1, 0.15) is 0 Å². The second-order valence-corrected chi connectivity index (χ2v) is 3.87. The first kappa shape index (κ1) is 10.9. The van der Waals surface area contributed by atoms with Gasteiger partial charge in [-0.05, 0) is 13.0 Å². The van der Waals surface area contributed by atoms with E-state index in [4.69, 9.17) is 4.74 Å². The predicted octanol–water partition coefficient (Wildman–Crippen LogP) is 2.55. The highest BCUT2D eigenvalue weighted by molar-refractivity contribution is 7.07. The average Bonchev–Trinajstić information content (AvgIpc) is 2.82. The van der Waals surface area contributed by atoms with Crippen molar-refractivity contribution in [3.8, 4) is 5.88 Å². The van der Waals surface area contributed by atoms with Gasteiger partial charge < -0.3 is 10.1 Å². The summed E-state index contributed by atoms with van der Waals surface area (Å²) in [5, 5.41) is 5.27. The molecular formula is C11H13N3OS. The molecule has 0 amide bonds. The van der Waals surface area contributed by atoms with E-state index in [0.717, 1.165) is 17.9 Å². The maximum atomic E-state index is 5.26. The Morgan fingerprint density at radius 3 is 2.94 bits per heavy atom. The Morgan fingerprint density at radius 2 is 2.31 bits per heavy atom. The molecule has 0 spiro atoms. The standard InChI is InChI=1S/C11H13N3OS/c1-2-15-11-4-3-9(5-13-11)12-6-10-7-16-8-14-10/h3-5,7-8,12H,2,6H2,1H3. The van der Waals surface area contributed by atoms with E-state index in [2.05, 4.69) is 15.3 Å². The van der Waals surface area contributed by atoms with Crippen molar-refractivity contribution in [2.45, 2.75) is 13.5 Å². The molecule has 16 heavy (non-hydrogen) atoms. The van der Waals surface area contributed by atoms with Crippen LogP contribution in [0.15, 0.2) is 29.2 Å². The molecule has 0 saturated carbocycles. The van der Waals surface area contributed by atoms with E-state index in [9.17, 15) is 0 Å². The third kappa shape index (κ3) is 2.93. The summed E-state index contributed by atoms with van der Waals surface area (Å²) in [6.07, 6.45) is 1.76. The van der Waals surface area contributed by atoms with Gasteiger partial charge in [0.15, 0.2) is 0 Å². The molecule has 2 heterocycles. The molecule has 0 bridgehead atoms. The Hall–Kier alpha value is -1.62. The molecule has 84 valence electrons. The van der Waals surface area contributed by atoms with E-state index in [-0.39, 0.29) is 0 Å². The summed E-state index contributed by atoms with van der Waals surface area (Å²) in [4.78, 5) is 8.36. The Balaban J connectivity index is 1.90. The van der Waals surface area contributed by atoms with E-state index >= 15 is 0 Å². The van der Waals surface area contributed by atoms with Crippen LogP contribution in [0.4, 0.5) is 5.69 Å². The van der Waals surface area contributed by atoms with E-state index in [1.807, 2.05) is 29.9 Å². The number of aromatic nitrogens is 2. The van der Waals surface area contributed by atoms with Crippen LogP contribution in [-0.4, -0.2) is 16.6 Å². The molecule has 0 unspecified atom stereocenters. The largest absolute Gasteiger partial charge is 0.478 e. The molecule has 1 N–H and O–H groups in total. The summed E-state index contributed by atoms with van der Waals surface area (Å²) in [5.74, 6) is 0.654. The van der Waals surface area contributed by atoms with Crippen molar-refractivity contribution >= 4 is 17.0 Å². The zero-order valence-electron chi connectivity index (χ0n) is 9.01. The van der Waals surface area contributed by atoms with Gasteiger partial charge in [-0.25, -0.2) is 9.97 Å². The van der Waals surface area contributed by atoms with Crippen molar-refractivity contribution in [2.75, 3.05) is 11.9 Å². The van der Waals surface area contributed by atoms with Crippen LogP contribution in [0, 0.1) is 0 Å². The van der Waals surface area contributed by atoms with Crippen LogP contribution in [0.5, 0.6) is 5.88 Å². The molecule has 0 aliphatic carbocycles. The van der Waals surface area contributed by atoms with E-state index in [1.165, 1.54) is 0 Å². The average molecular weight is 235 g/mol. The van der Waals surface area contributed by atoms with Crippen LogP contribution in [-0.2, 0) is 6.54 Å². The van der Waals surface area contributed by atoms with Crippen molar-refractivity contribution in [3.63, 3.8) is 0 Å². The minimum absolute atomic E-state index is 0.637. The smallest absolute Gasteiger partial charge is 0.213 e. The number of pyridine rings is 1. The van der Waals surface area contributed by atoms with Crippen LogP contribution in [0.25, 0.3) is 0 Å². The molecule has 0 atom stereocenters. The molecule has 2 aromatic rings. The van der Waals surface area contributed by atoms with Gasteiger partial charge in [0.05, 0.1) is 36.2 Å². The van der Waals surface area contributed by atoms with Crippen LogP contribution >= 0.6 is 11.3 Å². The van der Waals surface area contributed by atoms with Crippen molar-refractivity contribution < 1.29 is 4.74 Å². The number of thiazole rings is 1. The second kappa shape index (κ2) is 5.46. The fourth-order valence-electron chi connectivity index (χ4n) is 1.24. The molecule has 0 fully saturated rings. The SMILES string of the molecule is CCOc1ccc(NCc2cscn2)cn1. The normalized spacial score (nSPS) is 10.1. The van der Waals surface area contributed by atoms with E-state index < -0.39 is 0 Å². The van der Waals surface area contributed by atoms with Crippen molar-refractivity contribution in [1.82, 2.24) is 9.97 Å². The Labute approximate surface area is 98.3 Å². The monoisotopic (exact) mass is 235 g/mol. The number of hydrogen-bond acceptors (Lipinski definition) is 5. The van der Waals surface area contributed by atoms with Gasteiger partial charge in [0.2, 0.25) is 5.88 Å². The van der Waals surface area contributed by atoms with Crippen LogP contribution in [0.3, 0.4) is 0 Å². The van der Waals surface area contributed by atoms with Crippen LogP contribution in [0.1, 0.15) is 12.6 Å². The summed E-state index contributed by atoms with van der Waals surface area (Å²) >= 11 is 1.60. The number of ether oxygens (including phenoxy) is 1. The molecule has 2 aromatic heterocycles. The molecular weight excluding hydrogens is 222 g/mol. The molecule has 5 heteroatoms. The van der Waals surface area contributed by atoms with Gasteiger partial charge >= 0.3 is 0 Å². The fourth-order valence-corrected chi connectivity index (χ4v) is 1.79. The second-order valence-electron chi connectivity index (χ2n) is 3.15. The lowest BCUT2D eigenvalue weighted by atomic mass is 10.4. The summed E-state index contributed by atoms with van der Waals surface area (Å²) in [6, 6.07) is 3.80. The molecule has 4 nitrogen and oxygen atoms in total. The van der Waals surface area contributed by atoms with Gasteiger partial charge in [-0.1, -0.05) is 0 Å². The topological polar surface area (TPSA) is 47.0 Å². The number of nitrogens with one attached hydrogen (secondary N) is 1. The quantitative estimate of drug-likeness (QED) is 0.865. The molecule has 0 saturated heterocycles. The number of nitrogens with zero attached hydrogens (tertiary/aromatic N) is 2. The Morgan fingerprint density at radius 1 is 1.38 bits per heavy atom. The van der Waals surface area contributed by atoms with Crippen LogP contribution in [0.2, 0.25) is 0 Å². The lowest BCUT2D eigenvalue weighted by Gasteiger charge is -2.05. The minimum Gasteiger partial charge on any atom is -0.478 e. The van der Waals surface area contributed by atoms with Crippen molar-refractivity contribution in [1.29, 1.82) is 0 Å². The lowest BCUT2D eigenvalue weighted by molar-refractivity contribution is 0.327. The highest BCUT2D eigenvalue weighted by Gasteiger charge is 1.97. The highest BCUT2D eigenvalue weighted by atomic mass is 32.1. The van der Waals surface area contributed by atoms with Crippen molar-refractivity contribution in [3.05, 3.63) is 34.9 Å². The maximum Gasteiger partial charge on any atom is 0.213 e. The zero-order chi connectivity index (χ0) is 11.2. The first-order valence-corrected chi connectivity index (χ1v) is 6.02. The third-order valence-corrected chi connectivity index (χ3v) is 2.62. The maximum absolute atomic E-state index is 5.26. The third-order valence-electron chi connectivity index (χ3n) is 1.99. The first-order chi connectivity index (χ1) is 7.88. The highest BCUT2D eigenvalue weighted by Crippen LogP contribution is 2.12. The van der Waals surface area contributed by atoms with Gasteiger partial charge in [0, 0.05) is 11.4 Å². The number of hydrogen-bond donors (Lipinski definition) is 1. The molecule has 0 radical (unpaired) electrons. The zero-order valence-corrected chi connectivity index (χ0v) is 9.83. The van der Waals surface area contributed by atoms with Gasteiger partial charge in [-0.15, -0.1) is 11.3 Å².